The van der Waals surface area contributed by atoms with Gasteiger partial charge in [-0.1, -0.05) is 35.0 Å². The Morgan fingerprint density at radius 3 is 3.00 bits per heavy atom. The maximum Gasteiger partial charge on any atom is 0.124 e. The van der Waals surface area contributed by atoms with Crippen LogP contribution in [0.2, 0.25) is 0 Å². The molecule has 20 heavy (non-hydrogen) atoms. The first kappa shape index (κ1) is 14.2. The highest BCUT2D eigenvalue weighted by molar-refractivity contribution is 9.10. The maximum atomic E-state index is 6.31. The number of benzene rings is 1. The van der Waals surface area contributed by atoms with E-state index in [1.54, 1.807) is 0 Å². The Balaban J connectivity index is 1.84. The lowest BCUT2D eigenvalue weighted by atomic mass is 9.83. The van der Waals surface area contributed by atoms with Crippen LogP contribution in [-0.4, -0.2) is 12.6 Å². The number of halogens is 1. The van der Waals surface area contributed by atoms with E-state index in [1.165, 1.54) is 18.4 Å². The predicted molar refractivity (Wildman–Crippen MR) is 86.1 cm³/mol. The lowest BCUT2D eigenvalue weighted by molar-refractivity contribution is 0.0876. The largest absolute Gasteiger partial charge is 0.490 e. The van der Waals surface area contributed by atoms with Crippen molar-refractivity contribution >= 4 is 15.9 Å². The second-order valence-corrected chi connectivity index (χ2v) is 6.64. The molecular formula is C17H22BrNO. The van der Waals surface area contributed by atoms with Gasteiger partial charge in [-0.15, -0.1) is 0 Å². The minimum Gasteiger partial charge on any atom is -0.490 e. The molecule has 0 spiro atoms. The summed E-state index contributed by atoms with van der Waals surface area (Å²) < 4.78 is 7.43. The third kappa shape index (κ3) is 2.94. The molecule has 1 aliphatic carbocycles. The van der Waals surface area contributed by atoms with Gasteiger partial charge < -0.3 is 10.1 Å². The summed E-state index contributed by atoms with van der Waals surface area (Å²) in [5.41, 5.74) is 1.30. The van der Waals surface area contributed by atoms with Gasteiger partial charge in [0.1, 0.15) is 11.9 Å². The molecule has 0 amide bonds. The molecule has 1 N–H and O–H groups in total. The molecular weight excluding hydrogens is 314 g/mol. The number of hydrogen-bond acceptors (Lipinski definition) is 2. The van der Waals surface area contributed by atoms with Gasteiger partial charge in [-0.25, -0.2) is 0 Å². The standard InChI is InChI=1S/C17H22BrNO/c1-2-19-15-11-17(12-6-4-3-5-7-12)20-16-9-8-13(18)10-14(15)16/h3-4,8-10,12,15,17,19H,2,5-7,11H2,1H3. The number of fused-ring (bicyclic) bond motifs is 1. The molecule has 1 aliphatic heterocycles. The molecule has 1 aromatic carbocycles. The Kier molecular flexibility index (Phi) is 4.47. The number of ether oxygens (including phenoxy) is 1. The number of allylic oxidation sites excluding steroid dienone is 2. The smallest absolute Gasteiger partial charge is 0.124 e. The highest BCUT2D eigenvalue weighted by atomic mass is 79.9. The molecule has 108 valence electrons. The summed E-state index contributed by atoms with van der Waals surface area (Å²) in [7, 11) is 0. The van der Waals surface area contributed by atoms with E-state index in [9.17, 15) is 0 Å². The zero-order valence-electron chi connectivity index (χ0n) is 11.9. The Morgan fingerprint density at radius 1 is 1.35 bits per heavy atom. The van der Waals surface area contributed by atoms with Gasteiger partial charge in [0.05, 0.1) is 0 Å². The third-order valence-electron chi connectivity index (χ3n) is 4.38. The predicted octanol–water partition coefficient (Wildman–Crippen LogP) is 4.61. The van der Waals surface area contributed by atoms with Gasteiger partial charge in [-0.2, -0.15) is 0 Å². The number of nitrogens with one attached hydrogen (secondary N) is 1. The van der Waals surface area contributed by atoms with Crippen LogP contribution in [0.25, 0.3) is 0 Å². The van der Waals surface area contributed by atoms with Gasteiger partial charge in [-0.05, 0) is 49.9 Å². The zero-order chi connectivity index (χ0) is 13.9. The van der Waals surface area contributed by atoms with E-state index in [0.717, 1.165) is 29.6 Å². The van der Waals surface area contributed by atoms with Crippen molar-refractivity contribution in [2.45, 2.75) is 44.8 Å². The lowest BCUT2D eigenvalue weighted by Gasteiger charge is -2.37. The first-order chi connectivity index (χ1) is 9.78. The highest BCUT2D eigenvalue weighted by Gasteiger charge is 2.32. The average Bonchev–Trinajstić information content (AvgIpc) is 2.49. The van der Waals surface area contributed by atoms with E-state index in [0.29, 0.717) is 18.1 Å². The van der Waals surface area contributed by atoms with E-state index in [2.05, 4.69) is 58.5 Å². The van der Waals surface area contributed by atoms with Crippen LogP contribution in [0.5, 0.6) is 5.75 Å². The SMILES string of the molecule is CCNC1CC(C2CC=CCC2)Oc2ccc(Br)cc21. The third-order valence-corrected chi connectivity index (χ3v) is 4.87. The first-order valence-electron chi connectivity index (χ1n) is 7.62. The fraction of sp³-hybridized carbons (Fsp3) is 0.529. The monoisotopic (exact) mass is 335 g/mol. The van der Waals surface area contributed by atoms with Crippen molar-refractivity contribution in [1.82, 2.24) is 5.32 Å². The summed E-state index contributed by atoms with van der Waals surface area (Å²) >= 11 is 3.57. The second-order valence-electron chi connectivity index (χ2n) is 5.73. The summed E-state index contributed by atoms with van der Waals surface area (Å²) in [6.07, 6.45) is 9.65. The van der Waals surface area contributed by atoms with Crippen LogP contribution in [0.4, 0.5) is 0 Å². The van der Waals surface area contributed by atoms with Crippen LogP contribution in [-0.2, 0) is 0 Å². The molecule has 2 aliphatic rings. The fourth-order valence-electron chi connectivity index (χ4n) is 3.35. The maximum absolute atomic E-state index is 6.31. The molecule has 0 radical (unpaired) electrons. The minimum atomic E-state index is 0.345. The molecule has 1 aromatic rings. The second kappa shape index (κ2) is 6.31. The molecule has 0 saturated carbocycles. The first-order valence-corrected chi connectivity index (χ1v) is 8.41. The van der Waals surface area contributed by atoms with Gasteiger partial charge >= 0.3 is 0 Å². The van der Waals surface area contributed by atoms with E-state index in [1.807, 2.05) is 0 Å². The summed E-state index contributed by atoms with van der Waals surface area (Å²) in [6.45, 7) is 3.17. The molecule has 3 unspecified atom stereocenters. The Hall–Kier alpha value is -0.800. The Morgan fingerprint density at radius 2 is 2.25 bits per heavy atom. The molecule has 0 saturated heterocycles. The van der Waals surface area contributed by atoms with Crippen LogP contribution in [0.3, 0.4) is 0 Å². The Bertz CT molecular complexity index is 500. The van der Waals surface area contributed by atoms with E-state index < -0.39 is 0 Å². The molecule has 2 nitrogen and oxygen atoms in total. The van der Waals surface area contributed by atoms with Gasteiger partial charge in [0.2, 0.25) is 0 Å². The van der Waals surface area contributed by atoms with E-state index >= 15 is 0 Å². The van der Waals surface area contributed by atoms with Crippen molar-refractivity contribution in [3.05, 3.63) is 40.4 Å². The normalized spacial score (nSPS) is 28.8. The quantitative estimate of drug-likeness (QED) is 0.814. The highest BCUT2D eigenvalue weighted by Crippen LogP contribution is 2.40. The molecule has 3 heteroatoms. The van der Waals surface area contributed by atoms with Crippen molar-refractivity contribution in [2.75, 3.05) is 6.54 Å². The molecule has 0 aromatic heterocycles. The van der Waals surface area contributed by atoms with Gasteiger partial charge in [0.15, 0.2) is 0 Å². The molecule has 0 bridgehead atoms. The summed E-state index contributed by atoms with van der Waals surface area (Å²) in [4.78, 5) is 0. The van der Waals surface area contributed by atoms with E-state index in [4.69, 9.17) is 4.74 Å². The number of hydrogen-bond donors (Lipinski definition) is 1. The van der Waals surface area contributed by atoms with Crippen molar-refractivity contribution in [3.8, 4) is 5.75 Å². The molecule has 3 rings (SSSR count). The average molecular weight is 336 g/mol. The van der Waals surface area contributed by atoms with Crippen molar-refractivity contribution in [3.63, 3.8) is 0 Å². The molecule has 0 fully saturated rings. The van der Waals surface area contributed by atoms with Crippen LogP contribution < -0.4 is 10.1 Å². The Labute approximate surface area is 129 Å². The fourth-order valence-corrected chi connectivity index (χ4v) is 3.73. The van der Waals surface area contributed by atoms with Crippen LogP contribution >= 0.6 is 15.9 Å². The van der Waals surface area contributed by atoms with Gasteiger partial charge in [-0.3, -0.25) is 0 Å². The zero-order valence-corrected chi connectivity index (χ0v) is 13.5. The number of rotatable bonds is 3. The summed E-state index contributed by atoms with van der Waals surface area (Å²) in [6, 6.07) is 6.79. The van der Waals surface area contributed by atoms with Gasteiger partial charge in [0.25, 0.3) is 0 Å². The summed E-state index contributed by atoms with van der Waals surface area (Å²) in [5, 5.41) is 3.62. The molecule has 1 heterocycles. The van der Waals surface area contributed by atoms with Crippen LogP contribution in [0, 0.1) is 5.92 Å². The van der Waals surface area contributed by atoms with Gasteiger partial charge in [0, 0.05) is 22.5 Å². The minimum absolute atomic E-state index is 0.345. The summed E-state index contributed by atoms with van der Waals surface area (Å²) in [5.74, 6) is 1.72. The van der Waals surface area contributed by atoms with Crippen LogP contribution in [0.15, 0.2) is 34.8 Å². The van der Waals surface area contributed by atoms with Crippen molar-refractivity contribution in [1.29, 1.82) is 0 Å². The van der Waals surface area contributed by atoms with Crippen molar-refractivity contribution in [2.24, 2.45) is 5.92 Å². The van der Waals surface area contributed by atoms with Crippen molar-refractivity contribution < 1.29 is 4.74 Å². The van der Waals surface area contributed by atoms with E-state index in [-0.39, 0.29) is 0 Å². The molecule has 3 atom stereocenters. The van der Waals surface area contributed by atoms with Crippen LogP contribution in [0.1, 0.15) is 44.2 Å². The topological polar surface area (TPSA) is 21.3 Å². The lowest BCUT2D eigenvalue weighted by Crippen LogP contribution is -2.37.